The molecule has 1 aliphatic carbocycles. The maximum Gasteiger partial charge on any atom is 0.419 e. The molecule has 1 fully saturated rings. The lowest BCUT2D eigenvalue weighted by Gasteiger charge is -2.14. The summed E-state index contributed by atoms with van der Waals surface area (Å²) < 4.78 is 50.9. The number of rotatable bonds is 2. The zero-order chi connectivity index (χ0) is 14.9. The lowest BCUT2D eigenvalue weighted by molar-refractivity contribution is -0.140. The molecule has 1 aliphatic rings. The van der Waals surface area contributed by atoms with Crippen molar-refractivity contribution < 1.29 is 22.4 Å². The van der Waals surface area contributed by atoms with Gasteiger partial charge in [0.2, 0.25) is 0 Å². The smallest absolute Gasteiger partial charge is 0.349 e. The average Bonchev–Trinajstić information content (AvgIpc) is 2.73. The fourth-order valence-electron chi connectivity index (χ4n) is 2.49. The number of halogens is 4. The summed E-state index contributed by atoms with van der Waals surface area (Å²) in [5.74, 6) is -1.46. The largest absolute Gasteiger partial charge is 0.419 e. The van der Waals surface area contributed by atoms with Gasteiger partial charge in [-0.2, -0.15) is 13.2 Å². The first-order valence-corrected chi connectivity index (χ1v) is 6.45. The van der Waals surface area contributed by atoms with E-state index in [2.05, 4.69) is 12.2 Å². The summed E-state index contributed by atoms with van der Waals surface area (Å²) in [5.41, 5.74) is -1.58. The van der Waals surface area contributed by atoms with Crippen molar-refractivity contribution in [1.82, 2.24) is 5.32 Å². The van der Waals surface area contributed by atoms with Gasteiger partial charge in [-0.25, -0.2) is 4.39 Å². The highest BCUT2D eigenvalue weighted by molar-refractivity contribution is 5.94. The third-order valence-corrected chi connectivity index (χ3v) is 3.56. The molecule has 1 aromatic carbocycles. The van der Waals surface area contributed by atoms with Gasteiger partial charge >= 0.3 is 6.18 Å². The van der Waals surface area contributed by atoms with Crippen LogP contribution < -0.4 is 5.32 Å². The van der Waals surface area contributed by atoms with Crippen LogP contribution in [0.3, 0.4) is 0 Å². The molecule has 0 aliphatic heterocycles. The van der Waals surface area contributed by atoms with Crippen LogP contribution in [-0.4, -0.2) is 11.9 Å². The molecule has 0 saturated heterocycles. The molecule has 0 radical (unpaired) electrons. The van der Waals surface area contributed by atoms with E-state index < -0.39 is 23.5 Å². The van der Waals surface area contributed by atoms with Gasteiger partial charge in [-0.15, -0.1) is 0 Å². The Bertz CT molecular complexity index is 512. The van der Waals surface area contributed by atoms with E-state index in [4.69, 9.17) is 0 Å². The van der Waals surface area contributed by atoms with Crippen molar-refractivity contribution in [3.63, 3.8) is 0 Å². The van der Waals surface area contributed by atoms with E-state index >= 15 is 0 Å². The lowest BCUT2D eigenvalue weighted by atomic mass is 10.1. The second-order valence-electron chi connectivity index (χ2n) is 5.28. The van der Waals surface area contributed by atoms with E-state index in [1.165, 1.54) is 0 Å². The molecule has 0 spiro atoms. The molecule has 110 valence electrons. The Balaban J connectivity index is 2.14. The summed E-state index contributed by atoms with van der Waals surface area (Å²) >= 11 is 0. The standard InChI is InChI=1S/C14H15F4NO/c1-8-2-4-10(6-8)19-13(20)9-3-5-12(15)11(7-9)14(16,17)18/h3,5,7-8,10H,2,4,6H2,1H3,(H,19,20). The third-order valence-electron chi connectivity index (χ3n) is 3.56. The monoisotopic (exact) mass is 289 g/mol. The zero-order valence-electron chi connectivity index (χ0n) is 10.9. The Morgan fingerprint density at radius 1 is 1.30 bits per heavy atom. The summed E-state index contributed by atoms with van der Waals surface area (Å²) in [4.78, 5) is 11.9. The number of hydrogen-bond donors (Lipinski definition) is 1. The minimum absolute atomic E-state index is 0.0168. The normalized spacial score (nSPS) is 22.9. The predicted octanol–water partition coefficient (Wildman–Crippen LogP) is 3.76. The van der Waals surface area contributed by atoms with Gasteiger partial charge in [0.15, 0.2) is 0 Å². The fourth-order valence-corrected chi connectivity index (χ4v) is 2.49. The molecule has 6 heteroatoms. The number of hydrogen-bond acceptors (Lipinski definition) is 1. The van der Waals surface area contributed by atoms with Crippen LogP contribution in [0.15, 0.2) is 18.2 Å². The summed E-state index contributed by atoms with van der Waals surface area (Å²) in [5, 5.41) is 2.69. The van der Waals surface area contributed by atoms with Crippen molar-refractivity contribution in [2.75, 3.05) is 0 Å². The Kier molecular flexibility index (Phi) is 4.01. The molecule has 0 heterocycles. The zero-order valence-corrected chi connectivity index (χ0v) is 10.9. The summed E-state index contributed by atoms with van der Waals surface area (Å²) in [6, 6.07) is 2.29. The van der Waals surface area contributed by atoms with Crippen LogP contribution in [0, 0.1) is 11.7 Å². The van der Waals surface area contributed by atoms with E-state index in [9.17, 15) is 22.4 Å². The summed E-state index contributed by atoms with van der Waals surface area (Å²) in [7, 11) is 0. The van der Waals surface area contributed by atoms with Gasteiger partial charge in [0.25, 0.3) is 5.91 Å². The molecular formula is C14H15F4NO. The molecule has 0 aromatic heterocycles. The molecule has 2 rings (SSSR count). The third kappa shape index (κ3) is 3.29. The Morgan fingerprint density at radius 3 is 2.55 bits per heavy atom. The van der Waals surface area contributed by atoms with Gasteiger partial charge in [-0.3, -0.25) is 4.79 Å². The minimum Gasteiger partial charge on any atom is -0.349 e. The van der Waals surface area contributed by atoms with Crippen LogP contribution in [0.25, 0.3) is 0 Å². The van der Waals surface area contributed by atoms with Gasteiger partial charge in [-0.05, 0) is 43.4 Å². The molecule has 0 bridgehead atoms. The molecule has 2 unspecified atom stereocenters. The van der Waals surface area contributed by atoms with E-state index in [0.29, 0.717) is 18.1 Å². The lowest BCUT2D eigenvalue weighted by Crippen LogP contribution is -2.33. The number of carbonyl (C=O) groups is 1. The summed E-state index contributed by atoms with van der Waals surface area (Å²) in [6.07, 6.45) is -2.18. The SMILES string of the molecule is CC1CCC(NC(=O)c2ccc(F)c(C(F)(F)F)c2)C1. The van der Waals surface area contributed by atoms with Gasteiger partial charge in [-0.1, -0.05) is 6.92 Å². The van der Waals surface area contributed by atoms with Crippen molar-refractivity contribution in [2.24, 2.45) is 5.92 Å². The van der Waals surface area contributed by atoms with Crippen LogP contribution in [-0.2, 0) is 6.18 Å². The van der Waals surface area contributed by atoms with Gasteiger partial charge in [0.1, 0.15) is 5.82 Å². The molecular weight excluding hydrogens is 274 g/mol. The van der Waals surface area contributed by atoms with Crippen LogP contribution in [0.2, 0.25) is 0 Å². The molecule has 2 atom stereocenters. The molecule has 20 heavy (non-hydrogen) atoms. The summed E-state index contributed by atoms with van der Waals surface area (Å²) in [6.45, 7) is 2.06. The number of nitrogens with one attached hydrogen (secondary N) is 1. The first-order valence-electron chi connectivity index (χ1n) is 6.45. The minimum atomic E-state index is -4.80. The van der Waals surface area contributed by atoms with Gasteiger partial charge in [0, 0.05) is 11.6 Å². The molecule has 1 aromatic rings. The first kappa shape index (κ1) is 14.8. The molecule has 2 nitrogen and oxygen atoms in total. The van der Waals surface area contributed by atoms with E-state index in [0.717, 1.165) is 25.3 Å². The van der Waals surface area contributed by atoms with Crippen molar-refractivity contribution in [2.45, 2.75) is 38.4 Å². The quantitative estimate of drug-likeness (QED) is 0.825. The second kappa shape index (κ2) is 5.42. The van der Waals surface area contributed by atoms with E-state index in [1.807, 2.05) is 0 Å². The fraction of sp³-hybridized carbons (Fsp3) is 0.500. The highest BCUT2D eigenvalue weighted by Gasteiger charge is 2.35. The average molecular weight is 289 g/mol. The van der Waals surface area contributed by atoms with Crippen molar-refractivity contribution in [3.8, 4) is 0 Å². The highest BCUT2D eigenvalue weighted by Crippen LogP contribution is 2.32. The van der Waals surface area contributed by atoms with Crippen LogP contribution in [0.1, 0.15) is 42.1 Å². The molecule has 1 amide bonds. The van der Waals surface area contributed by atoms with E-state index in [1.54, 1.807) is 0 Å². The number of carbonyl (C=O) groups excluding carboxylic acids is 1. The Hall–Kier alpha value is -1.59. The van der Waals surface area contributed by atoms with Crippen LogP contribution >= 0.6 is 0 Å². The molecule has 1 N–H and O–H groups in total. The van der Waals surface area contributed by atoms with Gasteiger partial charge < -0.3 is 5.32 Å². The first-order chi connectivity index (χ1) is 9.27. The second-order valence-corrected chi connectivity index (χ2v) is 5.28. The van der Waals surface area contributed by atoms with E-state index in [-0.39, 0.29) is 11.6 Å². The topological polar surface area (TPSA) is 29.1 Å². The van der Waals surface area contributed by atoms with Crippen molar-refractivity contribution in [3.05, 3.63) is 35.1 Å². The number of amides is 1. The number of alkyl halides is 3. The Morgan fingerprint density at radius 2 is 2.00 bits per heavy atom. The predicted molar refractivity (Wildman–Crippen MR) is 65.7 cm³/mol. The number of benzene rings is 1. The van der Waals surface area contributed by atoms with Gasteiger partial charge in [0.05, 0.1) is 5.56 Å². The van der Waals surface area contributed by atoms with Crippen LogP contribution in [0.4, 0.5) is 17.6 Å². The Labute approximate surface area is 114 Å². The van der Waals surface area contributed by atoms with Crippen molar-refractivity contribution in [1.29, 1.82) is 0 Å². The maximum absolute atomic E-state index is 13.1. The molecule has 1 saturated carbocycles. The highest BCUT2D eigenvalue weighted by atomic mass is 19.4. The maximum atomic E-state index is 13.1. The van der Waals surface area contributed by atoms with Crippen LogP contribution in [0.5, 0.6) is 0 Å². The van der Waals surface area contributed by atoms with Crippen molar-refractivity contribution >= 4 is 5.91 Å².